The van der Waals surface area contributed by atoms with Crippen molar-refractivity contribution in [3.05, 3.63) is 23.8 Å². The molecule has 0 radical (unpaired) electrons. The standard InChI is InChI=1S/C19H27N3O5S/c1-13-5-6-17(27-4)16(9-13)21-11-14(10-18(21)23)19(24)22(20(2)3)15-7-8-28(25,26)12-15/h5-6,9,14-15H,7-8,10-12H2,1-4H3/t14-,15+/m1/s1. The lowest BCUT2D eigenvalue weighted by Gasteiger charge is -2.35. The highest BCUT2D eigenvalue weighted by molar-refractivity contribution is 7.91. The molecule has 2 amide bonds. The van der Waals surface area contributed by atoms with E-state index in [1.807, 2.05) is 25.1 Å². The summed E-state index contributed by atoms with van der Waals surface area (Å²) in [4.78, 5) is 27.5. The SMILES string of the molecule is COc1ccc(C)cc1N1C[C@H](C(=O)N([C@H]2CCS(=O)(=O)C2)N(C)C)CC1=O. The molecular formula is C19H27N3O5S. The van der Waals surface area contributed by atoms with Crippen LogP contribution in [-0.4, -0.2) is 75.5 Å². The first-order valence-electron chi connectivity index (χ1n) is 9.28. The lowest BCUT2D eigenvalue weighted by Crippen LogP contribution is -2.52. The van der Waals surface area contributed by atoms with E-state index in [2.05, 4.69) is 0 Å². The Morgan fingerprint density at radius 3 is 2.57 bits per heavy atom. The third kappa shape index (κ3) is 4.00. The summed E-state index contributed by atoms with van der Waals surface area (Å²) < 4.78 is 29.1. The zero-order chi connectivity index (χ0) is 20.6. The average Bonchev–Trinajstić information content (AvgIpc) is 3.17. The number of ether oxygens (including phenoxy) is 1. The quantitative estimate of drug-likeness (QED) is 0.670. The number of sulfone groups is 1. The van der Waals surface area contributed by atoms with Crippen LogP contribution in [0, 0.1) is 12.8 Å². The number of rotatable bonds is 5. The number of carbonyl (C=O) groups excluding carboxylic acids is 2. The molecular weight excluding hydrogens is 382 g/mol. The number of carbonyl (C=O) groups is 2. The maximum absolute atomic E-state index is 13.2. The summed E-state index contributed by atoms with van der Waals surface area (Å²) in [6.45, 7) is 2.18. The van der Waals surface area contributed by atoms with E-state index in [9.17, 15) is 18.0 Å². The minimum atomic E-state index is -3.12. The zero-order valence-corrected chi connectivity index (χ0v) is 17.5. The minimum absolute atomic E-state index is 0.0347. The second-order valence-corrected chi connectivity index (χ2v) is 9.90. The van der Waals surface area contributed by atoms with E-state index in [0.29, 0.717) is 17.9 Å². The van der Waals surface area contributed by atoms with Crippen molar-refractivity contribution in [3.63, 3.8) is 0 Å². The number of aryl methyl sites for hydroxylation is 1. The first-order valence-corrected chi connectivity index (χ1v) is 11.1. The van der Waals surface area contributed by atoms with E-state index in [4.69, 9.17) is 4.74 Å². The molecule has 9 heteroatoms. The van der Waals surface area contributed by atoms with Gasteiger partial charge < -0.3 is 9.64 Å². The summed E-state index contributed by atoms with van der Waals surface area (Å²) in [5.41, 5.74) is 1.65. The molecule has 2 atom stereocenters. The molecule has 1 aromatic carbocycles. The van der Waals surface area contributed by atoms with Crippen molar-refractivity contribution < 1.29 is 22.7 Å². The van der Waals surface area contributed by atoms with Gasteiger partial charge in [0.15, 0.2) is 9.84 Å². The summed E-state index contributed by atoms with van der Waals surface area (Å²) in [7, 11) is 1.87. The Morgan fingerprint density at radius 1 is 1.29 bits per heavy atom. The van der Waals surface area contributed by atoms with Crippen molar-refractivity contribution in [2.75, 3.05) is 44.2 Å². The Hall–Kier alpha value is -2.13. The summed E-state index contributed by atoms with van der Waals surface area (Å²) in [5.74, 6) is -0.241. The number of hydrogen-bond donors (Lipinski definition) is 0. The van der Waals surface area contributed by atoms with Crippen molar-refractivity contribution in [2.24, 2.45) is 5.92 Å². The Labute approximate surface area is 165 Å². The lowest BCUT2D eigenvalue weighted by molar-refractivity contribution is -0.153. The van der Waals surface area contributed by atoms with Crippen molar-refractivity contribution in [1.29, 1.82) is 0 Å². The van der Waals surface area contributed by atoms with Gasteiger partial charge in [-0.1, -0.05) is 6.07 Å². The molecule has 0 aromatic heterocycles. The van der Waals surface area contributed by atoms with E-state index >= 15 is 0 Å². The minimum Gasteiger partial charge on any atom is -0.495 e. The van der Waals surface area contributed by atoms with Gasteiger partial charge in [-0.2, -0.15) is 0 Å². The molecule has 0 saturated carbocycles. The van der Waals surface area contributed by atoms with Gasteiger partial charge in [0.05, 0.1) is 36.3 Å². The van der Waals surface area contributed by atoms with Gasteiger partial charge in [-0.3, -0.25) is 14.6 Å². The Morgan fingerprint density at radius 2 is 2.00 bits per heavy atom. The number of nitrogens with zero attached hydrogens (tertiary/aromatic N) is 3. The highest BCUT2D eigenvalue weighted by atomic mass is 32.2. The molecule has 1 aromatic rings. The molecule has 0 N–H and O–H groups in total. The van der Waals surface area contributed by atoms with Crippen LogP contribution in [0.25, 0.3) is 0 Å². The fraction of sp³-hybridized carbons (Fsp3) is 0.579. The summed E-state index contributed by atoms with van der Waals surface area (Å²) in [6, 6.07) is 5.20. The molecule has 0 unspecified atom stereocenters. The van der Waals surface area contributed by atoms with Gasteiger partial charge in [0.25, 0.3) is 0 Å². The highest BCUT2D eigenvalue weighted by Crippen LogP contribution is 2.35. The van der Waals surface area contributed by atoms with E-state index in [1.54, 1.807) is 31.1 Å². The predicted octanol–water partition coefficient (Wildman–Crippen LogP) is 0.849. The number of hydrazine groups is 1. The van der Waals surface area contributed by atoms with Crippen molar-refractivity contribution in [2.45, 2.75) is 25.8 Å². The smallest absolute Gasteiger partial charge is 0.242 e. The molecule has 0 bridgehead atoms. The van der Waals surface area contributed by atoms with Gasteiger partial charge in [-0.05, 0) is 31.0 Å². The van der Waals surface area contributed by atoms with Crippen molar-refractivity contribution in [3.8, 4) is 5.75 Å². The fourth-order valence-corrected chi connectivity index (χ4v) is 5.67. The normalized spacial score (nSPS) is 24.0. The van der Waals surface area contributed by atoms with Crippen LogP contribution in [0.3, 0.4) is 0 Å². The predicted molar refractivity (Wildman–Crippen MR) is 106 cm³/mol. The third-order valence-corrected chi connectivity index (χ3v) is 7.06. The number of amides is 2. The largest absolute Gasteiger partial charge is 0.495 e. The number of anilines is 1. The summed E-state index contributed by atoms with van der Waals surface area (Å²) >= 11 is 0. The third-order valence-electron chi connectivity index (χ3n) is 5.31. The van der Waals surface area contributed by atoms with Crippen molar-refractivity contribution >= 4 is 27.3 Å². The molecule has 2 aliphatic rings. The highest BCUT2D eigenvalue weighted by Gasteiger charge is 2.43. The fourth-order valence-electron chi connectivity index (χ4n) is 3.98. The van der Waals surface area contributed by atoms with Gasteiger partial charge in [-0.25, -0.2) is 13.4 Å². The average molecular weight is 410 g/mol. The molecule has 0 aliphatic carbocycles. The van der Waals surface area contributed by atoms with Crippen LogP contribution in [0.2, 0.25) is 0 Å². The van der Waals surface area contributed by atoms with Crippen LogP contribution in [0.1, 0.15) is 18.4 Å². The second kappa shape index (κ2) is 7.71. The van der Waals surface area contributed by atoms with Crippen molar-refractivity contribution in [1.82, 2.24) is 10.0 Å². The summed E-state index contributed by atoms with van der Waals surface area (Å²) in [5, 5.41) is 3.15. The molecule has 2 saturated heterocycles. The lowest BCUT2D eigenvalue weighted by atomic mass is 10.1. The molecule has 8 nitrogen and oxygen atoms in total. The molecule has 28 heavy (non-hydrogen) atoms. The number of methoxy groups -OCH3 is 1. The van der Waals surface area contributed by atoms with E-state index < -0.39 is 15.8 Å². The molecule has 2 heterocycles. The maximum atomic E-state index is 13.2. The van der Waals surface area contributed by atoms with E-state index in [-0.39, 0.29) is 42.3 Å². The van der Waals surface area contributed by atoms with Crippen LogP contribution in [0.5, 0.6) is 5.75 Å². The van der Waals surface area contributed by atoms with Crippen LogP contribution < -0.4 is 9.64 Å². The van der Waals surface area contributed by atoms with Crippen LogP contribution >= 0.6 is 0 Å². The molecule has 3 rings (SSSR count). The summed E-state index contributed by atoms with van der Waals surface area (Å²) in [6.07, 6.45) is 0.516. The van der Waals surface area contributed by atoms with Gasteiger partial charge >= 0.3 is 0 Å². The van der Waals surface area contributed by atoms with E-state index in [1.165, 1.54) is 5.01 Å². The van der Waals surface area contributed by atoms with Gasteiger partial charge in [-0.15, -0.1) is 0 Å². The number of benzene rings is 1. The molecule has 154 valence electrons. The van der Waals surface area contributed by atoms with E-state index in [0.717, 1.165) is 5.56 Å². The first-order chi connectivity index (χ1) is 13.1. The molecule has 0 spiro atoms. The topological polar surface area (TPSA) is 87.2 Å². The maximum Gasteiger partial charge on any atom is 0.242 e. The molecule has 2 aliphatic heterocycles. The Balaban J connectivity index is 1.82. The zero-order valence-electron chi connectivity index (χ0n) is 16.7. The van der Waals surface area contributed by atoms with Crippen LogP contribution in [0.15, 0.2) is 18.2 Å². The van der Waals surface area contributed by atoms with Crippen LogP contribution in [-0.2, 0) is 19.4 Å². The molecule has 2 fully saturated rings. The van der Waals surface area contributed by atoms with Gasteiger partial charge in [0.2, 0.25) is 11.8 Å². The first kappa shape index (κ1) is 20.6. The monoisotopic (exact) mass is 409 g/mol. The van der Waals surface area contributed by atoms with Gasteiger partial charge in [0.1, 0.15) is 5.75 Å². The number of hydrogen-bond acceptors (Lipinski definition) is 6. The Kier molecular flexibility index (Phi) is 5.67. The Bertz CT molecular complexity index is 884. The second-order valence-electron chi connectivity index (χ2n) is 7.67. The van der Waals surface area contributed by atoms with Crippen LogP contribution in [0.4, 0.5) is 5.69 Å². The van der Waals surface area contributed by atoms with Gasteiger partial charge in [0, 0.05) is 27.1 Å².